The molecule has 1 aromatic heterocycles. The van der Waals surface area contributed by atoms with Gasteiger partial charge in [-0.05, 0) is 30.2 Å². The largest absolute Gasteiger partial charge is 0.467 e. The first kappa shape index (κ1) is 20.4. The number of furan rings is 1. The molecule has 1 fully saturated rings. The van der Waals surface area contributed by atoms with Crippen molar-refractivity contribution in [2.75, 3.05) is 6.54 Å². The Balaban J connectivity index is 1.57. The van der Waals surface area contributed by atoms with Gasteiger partial charge in [0.15, 0.2) is 5.54 Å². The van der Waals surface area contributed by atoms with Crippen LogP contribution in [0.5, 0.6) is 0 Å². The van der Waals surface area contributed by atoms with Crippen molar-refractivity contribution in [1.29, 1.82) is 0 Å². The number of nitrogens with one attached hydrogen (secondary N) is 2. The van der Waals surface area contributed by atoms with E-state index in [0.717, 1.165) is 10.5 Å². The summed E-state index contributed by atoms with van der Waals surface area (Å²) in [4.78, 5) is 39.9. The first-order chi connectivity index (χ1) is 15.0. The lowest BCUT2D eigenvalue weighted by atomic mass is 9.83. The summed E-state index contributed by atoms with van der Waals surface area (Å²) >= 11 is 0. The van der Waals surface area contributed by atoms with Gasteiger partial charge < -0.3 is 15.1 Å². The van der Waals surface area contributed by atoms with Crippen LogP contribution in [0.15, 0.2) is 83.5 Å². The smallest absolute Gasteiger partial charge is 0.325 e. The summed E-state index contributed by atoms with van der Waals surface area (Å²) in [7, 11) is 0. The average molecular weight is 417 g/mol. The molecule has 7 nitrogen and oxygen atoms in total. The molecule has 0 saturated carbocycles. The van der Waals surface area contributed by atoms with Crippen molar-refractivity contribution in [3.8, 4) is 0 Å². The number of imide groups is 1. The van der Waals surface area contributed by atoms with Crippen molar-refractivity contribution < 1.29 is 18.8 Å². The quantitative estimate of drug-likeness (QED) is 0.578. The molecule has 2 heterocycles. The Bertz CT molecular complexity index is 1070. The molecule has 0 unspecified atom stereocenters. The van der Waals surface area contributed by atoms with Crippen molar-refractivity contribution in [2.45, 2.75) is 24.9 Å². The Morgan fingerprint density at radius 3 is 2.35 bits per heavy atom. The molecule has 4 rings (SSSR count). The lowest BCUT2D eigenvalue weighted by Crippen LogP contribution is -2.47. The van der Waals surface area contributed by atoms with Gasteiger partial charge in [-0.25, -0.2) is 4.79 Å². The predicted octanol–water partition coefficient (Wildman–Crippen LogP) is 3.15. The number of hydrogen-bond donors (Lipinski definition) is 2. The molecular weight excluding hydrogens is 394 g/mol. The van der Waals surface area contributed by atoms with Gasteiger partial charge in [-0.1, -0.05) is 60.7 Å². The SMILES string of the molecule is C[C@H](NC(=O)CN1C(=O)N[C@@](Cc2ccccc2)(c2ccccc2)C1=O)c1ccco1. The molecule has 0 radical (unpaired) electrons. The Kier molecular flexibility index (Phi) is 5.58. The normalized spacial score (nSPS) is 19.2. The number of carbonyl (C=O) groups excluding carboxylic acids is 3. The van der Waals surface area contributed by atoms with Gasteiger partial charge in [-0.3, -0.25) is 14.5 Å². The number of carbonyl (C=O) groups is 3. The zero-order valence-corrected chi connectivity index (χ0v) is 17.1. The highest BCUT2D eigenvalue weighted by Crippen LogP contribution is 2.33. The molecule has 2 aromatic carbocycles. The molecule has 158 valence electrons. The van der Waals surface area contributed by atoms with E-state index in [9.17, 15) is 14.4 Å². The van der Waals surface area contributed by atoms with Gasteiger partial charge in [-0.15, -0.1) is 0 Å². The third-order valence-corrected chi connectivity index (χ3v) is 5.40. The highest BCUT2D eigenvalue weighted by molar-refractivity contribution is 6.09. The maximum Gasteiger partial charge on any atom is 0.325 e. The summed E-state index contributed by atoms with van der Waals surface area (Å²) < 4.78 is 5.29. The lowest BCUT2D eigenvalue weighted by molar-refractivity contribution is -0.135. The van der Waals surface area contributed by atoms with E-state index in [-0.39, 0.29) is 19.0 Å². The second kappa shape index (κ2) is 8.47. The summed E-state index contributed by atoms with van der Waals surface area (Å²) in [5, 5.41) is 5.62. The van der Waals surface area contributed by atoms with Crippen molar-refractivity contribution >= 4 is 17.8 Å². The minimum atomic E-state index is -1.27. The van der Waals surface area contributed by atoms with Crippen LogP contribution in [0.2, 0.25) is 0 Å². The van der Waals surface area contributed by atoms with E-state index in [4.69, 9.17) is 4.42 Å². The standard InChI is InChI=1S/C24H23N3O4/c1-17(20-13-8-14-31-20)25-21(28)16-27-22(29)24(26-23(27)30,19-11-6-3-7-12-19)15-18-9-4-2-5-10-18/h2-14,17H,15-16H2,1H3,(H,25,28)(H,26,30)/t17-,24-/m0/s1. The van der Waals surface area contributed by atoms with Crippen LogP contribution in [0.25, 0.3) is 0 Å². The van der Waals surface area contributed by atoms with E-state index in [1.54, 1.807) is 19.1 Å². The molecule has 31 heavy (non-hydrogen) atoms. The molecule has 0 spiro atoms. The number of amides is 4. The van der Waals surface area contributed by atoms with Crippen LogP contribution in [0.4, 0.5) is 4.79 Å². The number of benzene rings is 2. The number of urea groups is 1. The van der Waals surface area contributed by atoms with E-state index in [1.165, 1.54) is 6.26 Å². The molecular formula is C24H23N3O4. The molecule has 1 aliphatic heterocycles. The fourth-order valence-electron chi connectivity index (χ4n) is 3.85. The first-order valence-corrected chi connectivity index (χ1v) is 10.1. The molecule has 1 aliphatic rings. The lowest BCUT2D eigenvalue weighted by Gasteiger charge is -2.27. The zero-order valence-electron chi connectivity index (χ0n) is 17.1. The van der Waals surface area contributed by atoms with Gasteiger partial charge in [0.1, 0.15) is 12.3 Å². The summed E-state index contributed by atoms with van der Waals surface area (Å²) in [6.07, 6.45) is 1.80. The van der Waals surface area contributed by atoms with Crippen molar-refractivity contribution in [1.82, 2.24) is 15.5 Å². The maximum atomic E-state index is 13.5. The molecule has 4 amide bonds. The number of nitrogens with zero attached hydrogens (tertiary/aromatic N) is 1. The Labute approximate surface area is 180 Å². The van der Waals surface area contributed by atoms with Crippen molar-refractivity contribution in [3.05, 3.63) is 95.9 Å². The van der Waals surface area contributed by atoms with E-state index >= 15 is 0 Å². The third-order valence-electron chi connectivity index (χ3n) is 5.40. The van der Waals surface area contributed by atoms with E-state index in [0.29, 0.717) is 11.3 Å². The average Bonchev–Trinajstić information content (AvgIpc) is 3.39. The fraction of sp³-hybridized carbons (Fsp3) is 0.208. The second-order valence-corrected chi connectivity index (χ2v) is 7.56. The van der Waals surface area contributed by atoms with E-state index in [2.05, 4.69) is 10.6 Å². The topological polar surface area (TPSA) is 91.7 Å². The summed E-state index contributed by atoms with van der Waals surface area (Å²) in [5.41, 5.74) is 0.300. The zero-order chi connectivity index (χ0) is 21.8. The summed E-state index contributed by atoms with van der Waals surface area (Å²) in [6.45, 7) is 1.39. The third kappa shape index (κ3) is 4.07. The van der Waals surface area contributed by atoms with E-state index < -0.39 is 23.4 Å². The van der Waals surface area contributed by atoms with Gasteiger partial charge in [-0.2, -0.15) is 0 Å². The van der Waals surface area contributed by atoms with Gasteiger partial charge >= 0.3 is 6.03 Å². The van der Waals surface area contributed by atoms with Crippen LogP contribution in [-0.2, 0) is 21.5 Å². The maximum absolute atomic E-state index is 13.5. The molecule has 1 saturated heterocycles. The number of rotatable bonds is 7. The van der Waals surface area contributed by atoms with Crippen LogP contribution in [0, 0.1) is 0 Å². The highest BCUT2D eigenvalue weighted by atomic mass is 16.3. The Hall–Kier alpha value is -3.87. The van der Waals surface area contributed by atoms with Gasteiger partial charge in [0.25, 0.3) is 5.91 Å². The van der Waals surface area contributed by atoms with E-state index in [1.807, 2.05) is 60.7 Å². The van der Waals surface area contributed by atoms with Gasteiger partial charge in [0.2, 0.25) is 5.91 Å². The minimum absolute atomic E-state index is 0.281. The van der Waals surface area contributed by atoms with Crippen molar-refractivity contribution in [2.24, 2.45) is 0 Å². The predicted molar refractivity (Wildman–Crippen MR) is 114 cm³/mol. The molecule has 0 aliphatic carbocycles. The molecule has 0 bridgehead atoms. The molecule has 2 atom stereocenters. The number of hydrogen-bond acceptors (Lipinski definition) is 4. The van der Waals surface area contributed by atoms with Gasteiger partial charge in [0, 0.05) is 6.42 Å². The van der Waals surface area contributed by atoms with Gasteiger partial charge in [0.05, 0.1) is 12.3 Å². The van der Waals surface area contributed by atoms with Crippen molar-refractivity contribution in [3.63, 3.8) is 0 Å². The minimum Gasteiger partial charge on any atom is -0.467 e. The summed E-state index contributed by atoms with van der Waals surface area (Å²) in [6, 6.07) is 21.1. The van der Waals surface area contributed by atoms with Crippen LogP contribution in [0.3, 0.4) is 0 Å². The second-order valence-electron chi connectivity index (χ2n) is 7.56. The first-order valence-electron chi connectivity index (χ1n) is 10.1. The molecule has 7 heteroatoms. The Morgan fingerprint density at radius 2 is 1.71 bits per heavy atom. The molecule has 3 aromatic rings. The van der Waals surface area contributed by atoms with Crippen LogP contribution >= 0.6 is 0 Å². The summed E-state index contributed by atoms with van der Waals surface area (Å²) in [5.74, 6) is -0.308. The monoisotopic (exact) mass is 417 g/mol. The fourth-order valence-corrected chi connectivity index (χ4v) is 3.85. The highest BCUT2D eigenvalue weighted by Gasteiger charge is 2.52. The van der Waals surface area contributed by atoms with Crippen LogP contribution < -0.4 is 10.6 Å². The Morgan fingerprint density at radius 1 is 1.03 bits per heavy atom. The van der Waals surface area contributed by atoms with Crippen LogP contribution in [-0.4, -0.2) is 29.3 Å². The van der Waals surface area contributed by atoms with Crippen LogP contribution in [0.1, 0.15) is 29.9 Å². The molecule has 2 N–H and O–H groups in total.